The van der Waals surface area contributed by atoms with E-state index in [1.165, 1.54) is 10.7 Å². The van der Waals surface area contributed by atoms with E-state index in [0.29, 0.717) is 17.1 Å². The lowest BCUT2D eigenvalue weighted by molar-refractivity contribution is 0.414. The van der Waals surface area contributed by atoms with Crippen LogP contribution in [-0.2, 0) is 0 Å². The molecule has 0 fully saturated rings. The van der Waals surface area contributed by atoms with E-state index in [0.717, 1.165) is 5.56 Å². The minimum atomic E-state index is -0.593. The summed E-state index contributed by atoms with van der Waals surface area (Å²) in [5, 5.41) is 20.3. The van der Waals surface area contributed by atoms with Gasteiger partial charge in [-0.2, -0.15) is 5.10 Å². The van der Waals surface area contributed by atoms with Crippen molar-refractivity contribution in [3.05, 3.63) is 86.9 Å². The third-order valence-electron chi connectivity index (χ3n) is 4.86. The summed E-state index contributed by atoms with van der Waals surface area (Å²) in [5.74, 6) is 0.749. The number of benzene rings is 2. The van der Waals surface area contributed by atoms with Gasteiger partial charge in [0.15, 0.2) is 0 Å². The van der Waals surface area contributed by atoms with Crippen LogP contribution in [0.1, 0.15) is 18.5 Å². The normalized spacial score (nSPS) is 11.9. The fraction of sp³-hybridized carbons (Fsp3) is 0.136. The fourth-order valence-electron chi connectivity index (χ4n) is 3.20. The number of nitrogens with one attached hydrogen (secondary N) is 2. The predicted molar refractivity (Wildman–Crippen MR) is 115 cm³/mol. The van der Waals surface area contributed by atoms with E-state index < -0.39 is 10.9 Å². The number of hydrogen-bond donors (Lipinski definition) is 3. The molecule has 4 aromatic rings. The van der Waals surface area contributed by atoms with Crippen molar-refractivity contribution >= 4 is 17.1 Å². The van der Waals surface area contributed by atoms with E-state index in [1.54, 1.807) is 37.7 Å². The largest absolute Gasteiger partial charge is 0.506 e. The maximum Gasteiger partial charge on any atom is 0.253 e. The van der Waals surface area contributed by atoms with E-state index in [1.807, 2.05) is 31.2 Å². The van der Waals surface area contributed by atoms with Crippen LogP contribution in [0.25, 0.3) is 5.69 Å². The number of hydrogen-bond acceptors (Lipinski definition) is 7. The molecule has 0 bridgehead atoms. The Bertz CT molecular complexity index is 1260. The van der Waals surface area contributed by atoms with Crippen molar-refractivity contribution in [3.63, 3.8) is 0 Å². The Morgan fingerprint density at radius 3 is 2.60 bits per heavy atom. The van der Waals surface area contributed by atoms with Crippen molar-refractivity contribution in [1.82, 2.24) is 9.78 Å². The van der Waals surface area contributed by atoms with Crippen LogP contribution in [-0.4, -0.2) is 22.0 Å². The molecule has 0 amide bonds. The van der Waals surface area contributed by atoms with Crippen LogP contribution in [0.2, 0.25) is 0 Å². The molecule has 1 atom stereocenters. The van der Waals surface area contributed by atoms with E-state index in [9.17, 15) is 14.7 Å². The third-order valence-corrected chi connectivity index (χ3v) is 4.86. The van der Waals surface area contributed by atoms with Gasteiger partial charge in [0.2, 0.25) is 0 Å². The molecule has 0 aliphatic heterocycles. The van der Waals surface area contributed by atoms with E-state index in [2.05, 4.69) is 15.7 Å². The summed E-state index contributed by atoms with van der Waals surface area (Å²) in [6.45, 7) is 1.89. The maximum absolute atomic E-state index is 12.2. The van der Waals surface area contributed by atoms with Crippen LogP contribution >= 0.6 is 0 Å². The van der Waals surface area contributed by atoms with Gasteiger partial charge in [-0.1, -0.05) is 12.1 Å². The fourth-order valence-corrected chi connectivity index (χ4v) is 3.20. The molecule has 3 aromatic carbocycles. The first kappa shape index (κ1) is 19.3. The number of aromatic hydroxyl groups is 1. The lowest BCUT2D eigenvalue weighted by Crippen LogP contribution is -2.37. The van der Waals surface area contributed by atoms with Crippen LogP contribution < -0.4 is 26.2 Å². The van der Waals surface area contributed by atoms with E-state index >= 15 is 0 Å². The number of aromatic nitrogens is 2. The molecule has 0 aliphatic carbocycles. The Morgan fingerprint density at radius 1 is 1.07 bits per heavy atom. The summed E-state index contributed by atoms with van der Waals surface area (Å²) in [6, 6.07) is 13.8. The second kappa shape index (κ2) is 7.75. The topological polar surface area (TPSA) is 105 Å². The highest BCUT2D eigenvalue weighted by Crippen LogP contribution is 2.29. The number of methoxy groups -OCH3 is 1. The van der Waals surface area contributed by atoms with Crippen LogP contribution in [0.5, 0.6) is 11.5 Å². The summed E-state index contributed by atoms with van der Waals surface area (Å²) in [5.41, 5.74) is 1.16. The number of anilines is 3. The summed E-state index contributed by atoms with van der Waals surface area (Å²) < 4.78 is 6.75. The van der Waals surface area contributed by atoms with Gasteiger partial charge in [0, 0.05) is 24.1 Å². The second-order valence-corrected chi connectivity index (χ2v) is 6.83. The number of rotatable bonds is 7. The molecule has 3 N–H and O–H groups in total. The third kappa shape index (κ3) is 3.50. The minimum absolute atomic E-state index is 0.0410. The molecule has 30 heavy (non-hydrogen) atoms. The number of phenolic OH excluding ortho intramolecular Hbond substituents is 1. The second-order valence-electron chi connectivity index (χ2n) is 6.83. The molecule has 0 saturated heterocycles. The Balaban J connectivity index is 1.59. The zero-order chi connectivity index (χ0) is 21.3. The first-order valence-corrected chi connectivity index (χ1v) is 9.32. The first-order valence-electron chi connectivity index (χ1n) is 9.32. The maximum atomic E-state index is 12.2. The van der Waals surface area contributed by atoms with E-state index in [4.69, 9.17) is 4.74 Å². The van der Waals surface area contributed by atoms with Crippen molar-refractivity contribution in [1.29, 1.82) is 0 Å². The number of phenols is 1. The SMILES string of the molecule is COc1cccc([C@@H](C)Nc2c(Nc3ccc(O)c(-n4cccn4)c3)c(=O)c2=O)c1. The van der Waals surface area contributed by atoms with Gasteiger partial charge in [0.25, 0.3) is 10.9 Å². The van der Waals surface area contributed by atoms with Gasteiger partial charge in [-0.15, -0.1) is 0 Å². The minimum Gasteiger partial charge on any atom is -0.506 e. The van der Waals surface area contributed by atoms with Crippen LogP contribution in [0, 0.1) is 0 Å². The van der Waals surface area contributed by atoms with Crippen LogP contribution in [0.3, 0.4) is 0 Å². The zero-order valence-electron chi connectivity index (χ0n) is 16.4. The standard InChI is InChI=1S/C22H20N4O4/c1-13(14-5-3-6-16(11-14)30-2)24-19-20(22(29)21(19)28)25-15-7-8-18(27)17(12-15)26-10-4-9-23-26/h3-13,24-25,27H,1-2H3/t13-/m1/s1. The average molecular weight is 404 g/mol. The highest BCUT2D eigenvalue weighted by molar-refractivity contribution is 5.79. The van der Waals surface area contributed by atoms with Gasteiger partial charge in [0.05, 0.1) is 7.11 Å². The molecular formula is C22H20N4O4. The highest BCUT2D eigenvalue weighted by Gasteiger charge is 2.23. The van der Waals surface area contributed by atoms with Crippen molar-refractivity contribution < 1.29 is 9.84 Å². The van der Waals surface area contributed by atoms with Gasteiger partial charge in [-0.3, -0.25) is 9.59 Å². The molecule has 1 heterocycles. The summed E-state index contributed by atoms with van der Waals surface area (Å²) >= 11 is 0. The summed E-state index contributed by atoms with van der Waals surface area (Å²) in [4.78, 5) is 24.3. The van der Waals surface area contributed by atoms with Gasteiger partial charge in [-0.05, 0) is 48.9 Å². The molecular weight excluding hydrogens is 384 g/mol. The summed E-state index contributed by atoms with van der Waals surface area (Å²) in [6.07, 6.45) is 3.29. The van der Waals surface area contributed by atoms with Gasteiger partial charge >= 0.3 is 0 Å². The van der Waals surface area contributed by atoms with Crippen LogP contribution in [0.15, 0.2) is 70.5 Å². The Kier molecular flexibility index (Phi) is 4.97. The monoisotopic (exact) mass is 404 g/mol. The summed E-state index contributed by atoms with van der Waals surface area (Å²) in [7, 11) is 1.59. The molecule has 4 rings (SSSR count). The quantitative estimate of drug-likeness (QED) is 0.321. The first-order chi connectivity index (χ1) is 14.5. The lowest BCUT2D eigenvalue weighted by Gasteiger charge is -2.20. The van der Waals surface area contributed by atoms with Gasteiger partial charge < -0.3 is 20.5 Å². The molecule has 0 radical (unpaired) electrons. The average Bonchev–Trinajstić information content (AvgIpc) is 3.31. The molecule has 8 heteroatoms. The Labute approximate surface area is 172 Å². The predicted octanol–water partition coefficient (Wildman–Crippen LogP) is 3.10. The van der Waals surface area contributed by atoms with Crippen LogP contribution in [0.4, 0.5) is 17.1 Å². The molecule has 8 nitrogen and oxygen atoms in total. The lowest BCUT2D eigenvalue weighted by atomic mass is 10.1. The van der Waals surface area contributed by atoms with Crippen molar-refractivity contribution in [2.24, 2.45) is 0 Å². The highest BCUT2D eigenvalue weighted by atomic mass is 16.5. The zero-order valence-corrected chi connectivity index (χ0v) is 16.4. The van der Waals surface area contributed by atoms with Crippen molar-refractivity contribution in [3.8, 4) is 17.2 Å². The van der Waals surface area contributed by atoms with Crippen molar-refractivity contribution in [2.45, 2.75) is 13.0 Å². The van der Waals surface area contributed by atoms with E-state index in [-0.39, 0.29) is 23.2 Å². The number of ether oxygens (including phenoxy) is 1. The van der Waals surface area contributed by atoms with Gasteiger partial charge in [0.1, 0.15) is 28.6 Å². The van der Waals surface area contributed by atoms with Crippen molar-refractivity contribution in [2.75, 3.05) is 17.7 Å². The molecule has 0 spiro atoms. The molecule has 152 valence electrons. The smallest absolute Gasteiger partial charge is 0.253 e. The molecule has 0 saturated carbocycles. The Hall–Kier alpha value is -4.07. The van der Waals surface area contributed by atoms with Gasteiger partial charge in [-0.25, -0.2) is 4.68 Å². The Morgan fingerprint density at radius 2 is 1.87 bits per heavy atom. The molecule has 1 aromatic heterocycles. The molecule has 0 aliphatic rings. The number of nitrogens with zero attached hydrogens (tertiary/aromatic N) is 2. The molecule has 0 unspecified atom stereocenters.